The molecule has 47 heavy (non-hydrogen) atoms. The van der Waals surface area contributed by atoms with Gasteiger partial charge in [-0.2, -0.15) is 0 Å². The van der Waals surface area contributed by atoms with Crippen LogP contribution in [0.4, 0.5) is 11.4 Å². The number of anilines is 2. The van der Waals surface area contributed by atoms with E-state index in [1.165, 1.54) is 4.90 Å². The summed E-state index contributed by atoms with van der Waals surface area (Å²) in [5.41, 5.74) is 4.98. The first kappa shape index (κ1) is 30.0. The maximum absolute atomic E-state index is 13.6. The third-order valence-corrected chi connectivity index (χ3v) is 9.03. The minimum Gasteiger partial charge on any atom is -0.497 e. The van der Waals surface area contributed by atoms with Crippen molar-refractivity contribution in [3.8, 4) is 17.2 Å². The van der Waals surface area contributed by atoms with Gasteiger partial charge in [0.05, 0.1) is 23.9 Å². The number of amides is 3. The lowest BCUT2D eigenvalue weighted by Gasteiger charge is -2.26. The maximum atomic E-state index is 13.6. The average molecular weight is 625 g/mol. The van der Waals surface area contributed by atoms with Gasteiger partial charge in [-0.15, -0.1) is 0 Å². The smallest absolute Gasteiger partial charge is 0.266 e. The van der Waals surface area contributed by atoms with E-state index in [1.807, 2.05) is 49.4 Å². The summed E-state index contributed by atoms with van der Waals surface area (Å²) < 4.78 is 11.4. The number of hydrogen-bond acceptors (Lipinski definition) is 6. The molecule has 234 valence electrons. The van der Waals surface area contributed by atoms with Gasteiger partial charge in [0.2, 0.25) is 0 Å². The molecule has 0 saturated heterocycles. The molecule has 7 rings (SSSR count). The third kappa shape index (κ3) is 5.03. The lowest BCUT2D eigenvalue weighted by molar-refractivity contribution is 0.0919. The van der Waals surface area contributed by atoms with Gasteiger partial charge in [0, 0.05) is 22.2 Å². The summed E-state index contributed by atoms with van der Waals surface area (Å²) >= 11 is 0. The summed E-state index contributed by atoms with van der Waals surface area (Å²) in [6.45, 7) is 6.20. The number of imide groups is 1. The van der Waals surface area contributed by atoms with Gasteiger partial charge >= 0.3 is 0 Å². The highest BCUT2D eigenvalue weighted by Gasteiger charge is 2.39. The van der Waals surface area contributed by atoms with Crippen LogP contribution in [0.1, 0.15) is 73.4 Å². The molecule has 0 saturated carbocycles. The number of benzene rings is 5. The van der Waals surface area contributed by atoms with Gasteiger partial charge in [0.25, 0.3) is 17.7 Å². The number of hydrogen-bond donors (Lipinski definition) is 1. The van der Waals surface area contributed by atoms with E-state index in [2.05, 4.69) is 26.0 Å². The standard InChI is InChI=1S/C39H32N2O6/c1-23-8-18-31-33(20-23)37(44)40(35(31)42)26-6-5-7-27(21-26)41-36(43)32-19-17-30(22-34(32)38(41)45)47-29-15-11-25(12-16-29)39(2,3)24-9-13-28(46-4)14-10-24/h5-22,37,44H,1-4H3. The van der Waals surface area contributed by atoms with Crippen LogP contribution in [0, 0.1) is 6.92 Å². The normalized spacial score (nSPS) is 15.6. The van der Waals surface area contributed by atoms with Crippen molar-refractivity contribution in [2.24, 2.45) is 0 Å². The molecule has 0 aromatic heterocycles. The molecule has 2 heterocycles. The van der Waals surface area contributed by atoms with Crippen molar-refractivity contribution in [2.75, 3.05) is 16.9 Å². The van der Waals surface area contributed by atoms with Crippen LogP contribution in [0.15, 0.2) is 109 Å². The lowest BCUT2D eigenvalue weighted by Crippen LogP contribution is -2.31. The first-order valence-electron chi connectivity index (χ1n) is 15.2. The molecule has 1 unspecified atom stereocenters. The number of aliphatic hydroxyl groups is 1. The maximum Gasteiger partial charge on any atom is 0.266 e. The Morgan fingerprint density at radius 2 is 1.23 bits per heavy atom. The minimum absolute atomic E-state index is 0.218. The van der Waals surface area contributed by atoms with Gasteiger partial charge in [-0.1, -0.05) is 61.9 Å². The zero-order valence-electron chi connectivity index (χ0n) is 26.4. The number of nitrogens with zero attached hydrogens (tertiary/aromatic N) is 2. The minimum atomic E-state index is -1.18. The van der Waals surface area contributed by atoms with E-state index in [-0.39, 0.29) is 22.4 Å². The third-order valence-electron chi connectivity index (χ3n) is 9.03. The number of aliphatic hydroxyl groups excluding tert-OH is 1. The molecular formula is C39H32N2O6. The molecule has 0 aliphatic carbocycles. The fraction of sp³-hybridized carbons (Fsp3) is 0.154. The molecule has 8 nitrogen and oxygen atoms in total. The molecule has 5 aromatic rings. The number of rotatable bonds is 7. The van der Waals surface area contributed by atoms with Crippen molar-refractivity contribution >= 4 is 29.1 Å². The molecular weight excluding hydrogens is 592 g/mol. The van der Waals surface area contributed by atoms with Gasteiger partial charge in [0.1, 0.15) is 17.2 Å². The van der Waals surface area contributed by atoms with Crippen LogP contribution in [0.2, 0.25) is 0 Å². The van der Waals surface area contributed by atoms with Crippen LogP contribution < -0.4 is 19.3 Å². The van der Waals surface area contributed by atoms with E-state index >= 15 is 0 Å². The van der Waals surface area contributed by atoms with Crippen molar-refractivity contribution in [1.82, 2.24) is 0 Å². The zero-order valence-corrected chi connectivity index (χ0v) is 26.4. The van der Waals surface area contributed by atoms with Gasteiger partial charge in [-0.05, 0) is 84.8 Å². The second-order valence-electron chi connectivity index (χ2n) is 12.3. The van der Waals surface area contributed by atoms with Crippen LogP contribution in [-0.2, 0) is 5.41 Å². The Morgan fingerprint density at radius 1 is 0.638 bits per heavy atom. The number of fused-ring (bicyclic) bond motifs is 2. The Balaban J connectivity index is 1.10. The number of ether oxygens (including phenoxy) is 2. The number of methoxy groups -OCH3 is 1. The Labute approximate surface area is 272 Å². The summed E-state index contributed by atoms with van der Waals surface area (Å²) in [6, 6.07) is 32.4. The second-order valence-corrected chi connectivity index (χ2v) is 12.3. The van der Waals surface area contributed by atoms with Crippen molar-refractivity contribution in [1.29, 1.82) is 0 Å². The Bertz CT molecular complexity index is 2070. The van der Waals surface area contributed by atoms with Gasteiger partial charge in [0.15, 0.2) is 6.23 Å². The summed E-state index contributed by atoms with van der Waals surface area (Å²) in [7, 11) is 1.65. The van der Waals surface area contributed by atoms with E-state index in [0.717, 1.165) is 27.3 Å². The molecule has 0 fully saturated rings. The summed E-state index contributed by atoms with van der Waals surface area (Å²) in [6.07, 6.45) is -1.18. The average Bonchev–Trinajstić information content (AvgIpc) is 3.47. The van der Waals surface area contributed by atoms with Crippen LogP contribution in [0.3, 0.4) is 0 Å². The van der Waals surface area contributed by atoms with E-state index in [4.69, 9.17) is 9.47 Å². The van der Waals surface area contributed by atoms with Crippen molar-refractivity contribution in [3.05, 3.63) is 148 Å². The number of aryl methyl sites for hydroxylation is 1. The van der Waals surface area contributed by atoms with E-state index in [9.17, 15) is 19.5 Å². The largest absolute Gasteiger partial charge is 0.497 e. The highest BCUT2D eigenvalue weighted by atomic mass is 16.5. The monoisotopic (exact) mass is 624 g/mol. The van der Waals surface area contributed by atoms with Gasteiger partial charge in [-0.3, -0.25) is 19.3 Å². The predicted octanol–water partition coefficient (Wildman–Crippen LogP) is 7.57. The Kier molecular flexibility index (Phi) is 7.17. The topological polar surface area (TPSA) is 96.4 Å². The van der Waals surface area contributed by atoms with Crippen LogP contribution in [0.25, 0.3) is 0 Å². The zero-order chi connectivity index (χ0) is 33.0. The quantitative estimate of drug-likeness (QED) is 0.188. The fourth-order valence-corrected chi connectivity index (χ4v) is 6.28. The molecule has 1 atom stereocenters. The van der Waals surface area contributed by atoms with E-state index in [0.29, 0.717) is 34.0 Å². The predicted molar refractivity (Wildman–Crippen MR) is 179 cm³/mol. The van der Waals surface area contributed by atoms with Crippen molar-refractivity contribution in [3.63, 3.8) is 0 Å². The van der Waals surface area contributed by atoms with Gasteiger partial charge < -0.3 is 14.6 Å². The molecule has 3 amide bonds. The lowest BCUT2D eigenvalue weighted by atomic mass is 9.78. The van der Waals surface area contributed by atoms with Crippen molar-refractivity contribution in [2.45, 2.75) is 32.4 Å². The summed E-state index contributed by atoms with van der Waals surface area (Å²) in [5, 5.41) is 11.0. The number of carbonyl (C=O) groups excluding carboxylic acids is 3. The molecule has 2 aliphatic heterocycles. The highest BCUT2D eigenvalue weighted by molar-refractivity contribution is 6.34. The first-order valence-corrected chi connectivity index (χ1v) is 15.2. The Morgan fingerprint density at radius 3 is 1.91 bits per heavy atom. The SMILES string of the molecule is COc1ccc(C(C)(C)c2ccc(Oc3ccc4c(c3)C(=O)N(c3cccc(N5C(=O)c6ccc(C)cc6C5O)c3)C4=O)cc2)cc1. The summed E-state index contributed by atoms with van der Waals surface area (Å²) in [5.74, 6) is 0.472. The second kappa shape index (κ2) is 11.3. The highest BCUT2D eigenvalue weighted by Crippen LogP contribution is 2.40. The molecule has 0 spiro atoms. The first-order chi connectivity index (χ1) is 22.6. The molecule has 0 radical (unpaired) electrons. The van der Waals surface area contributed by atoms with Crippen LogP contribution in [-0.4, -0.2) is 29.9 Å². The van der Waals surface area contributed by atoms with Gasteiger partial charge in [-0.25, -0.2) is 4.90 Å². The molecule has 8 heteroatoms. The molecule has 0 bridgehead atoms. The van der Waals surface area contributed by atoms with Crippen LogP contribution in [0.5, 0.6) is 17.2 Å². The number of carbonyl (C=O) groups is 3. The Hall–Kier alpha value is -5.73. The molecule has 1 N–H and O–H groups in total. The fourth-order valence-electron chi connectivity index (χ4n) is 6.28. The molecule has 5 aromatic carbocycles. The van der Waals surface area contributed by atoms with E-state index in [1.54, 1.807) is 61.7 Å². The molecule has 2 aliphatic rings. The summed E-state index contributed by atoms with van der Waals surface area (Å²) in [4.78, 5) is 42.6. The van der Waals surface area contributed by atoms with Crippen molar-refractivity contribution < 1.29 is 29.0 Å². The van der Waals surface area contributed by atoms with Crippen LogP contribution >= 0.6 is 0 Å². The van der Waals surface area contributed by atoms with E-state index < -0.39 is 18.0 Å².